The summed E-state index contributed by atoms with van der Waals surface area (Å²) >= 11 is 2.84. The lowest BCUT2D eigenvalue weighted by Gasteiger charge is -2.12. The van der Waals surface area contributed by atoms with E-state index in [-0.39, 0.29) is 10.2 Å². The molecule has 0 bridgehead atoms. The van der Waals surface area contributed by atoms with Gasteiger partial charge in [-0.2, -0.15) is 26.3 Å². The van der Waals surface area contributed by atoms with Crippen LogP contribution in [0, 0.1) is 0 Å². The summed E-state index contributed by atoms with van der Waals surface area (Å²) in [5.74, 6) is -1.44. The van der Waals surface area contributed by atoms with Gasteiger partial charge in [0.15, 0.2) is 0 Å². The Kier molecular flexibility index (Phi) is 4.49. The van der Waals surface area contributed by atoms with Gasteiger partial charge in [-0.25, -0.2) is 0 Å². The number of hydrogen-bond donors (Lipinski definition) is 1. The molecule has 0 fully saturated rings. The average molecular weight is 350 g/mol. The van der Waals surface area contributed by atoms with Crippen LogP contribution in [0.2, 0.25) is 0 Å². The quantitative estimate of drug-likeness (QED) is 0.789. The molecule has 0 saturated heterocycles. The SMILES string of the molecule is O=C(CC(F)(F)F)Nc1cc(C(F)(F)F)ccc1Br. The Bertz CT molecular complexity index is 482. The minimum absolute atomic E-state index is 0.0519. The number of alkyl halides is 6. The normalized spacial score (nSPS) is 12.4. The van der Waals surface area contributed by atoms with E-state index in [2.05, 4.69) is 15.9 Å². The van der Waals surface area contributed by atoms with Crippen molar-refractivity contribution in [2.75, 3.05) is 5.32 Å². The van der Waals surface area contributed by atoms with Crippen LogP contribution in [0.25, 0.3) is 0 Å². The lowest BCUT2D eigenvalue weighted by Crippen LogP contribution is -2.21. The molecule has 0 aliphatic heterocycles. The summed E-state index contributed by atoms with van der Waals surface area (Å²) in [4.78, 5) is 11.0. The van der Waals surface area contributed by atoms with Gasteiger partial charge < -0.3 is 5.32 Å². The molecule has 1 aromatic rings. The van der Waals surface area contributed by atoms with Crippen molar-refractivity contribution in [1.82, 2.24) is 0 Å². The van der Waals surface area contributed by atoms with E-state index < -0.39 is 30.2 Å². The molecule has 0 aromatic heterocycles. The number of rotatable bonds is 2. The number of carbonyl (C=O) groups is 1. The Morgan fingerprint density at radius 3 is 2.21 bits per heavy atom. The predicted molar refractivity (Wildman–Crippen MR) is 58.4 cm³/mol. The summed E-state index contributed by atoms with van der Waals surface area (Å²) in [6.07, 6.45) is -11.1. The second-order valence-electron chi connectivity index (χ2n) is 3.53. The highest BCUT2D eigenvalue weighted by molar-refractivity contribution is 9.10. The van der Waals surface area contributed by atoms with Gasteiger partial charge >= 0.3 is 12.4 Å². The van der Waals surface area contributed by atoms with Crippen molar-refractivity contribution in [3.63, 3.8) is 0 Å². The van der Waals surface area contributed by atoms with Crippen molar-refractivity contribution < 1.29 is 31.1 Å². The van der Waals surface area contributed by atoms with Crippen LogP contribution in [-0.4, -0.2) is 12.1 Å². The Morgan fingerprint density at radius 2 is 1.74 bits per heavy atom. The molecule has 0 spiro atoms. The monoisotopic (exact) mass is 349 g/mol. The van der Waals surface area contributed by atoms with Gasteiger partial charge in [-0.05, 0) is 34.1 Å². The number of amides is 1. The zero-order valence-corrected chi connectivity index (χ0v) is 10.6. The van der Waals surface area contributed by atoms with Gasteiger partial charge in [-0.1, -0.05) is 0 Å². The molecule has 0 saturated carbocycles. The number of hydrogen-bond acceptors (Lipinski definition) is 1. The molecule has 2 nitrogen and oxygen atoms in total. The highest BCUT2D eigenvalue weighted by Crippen LogP contribution is 2.34. The van der Waals surface area contributed by atoms with E-state index in [1.165, 1.54) is 0 Å². The fourth-order valence-corrected chi connectivity index (χ4v) is 1.52. The van der Waals surface area contributed by atoms with E-state index >= 15 is 0 Å². The van der Waals surface area contributed by atoms with Crippen LogP contribution in [0.1, 0.15) is 12.0 Å². The first-order valence-electron chi connectivity index (χ1n) is 4.72. The molecular weight excluding hydrogens is 344 g/mol. The van der Waals surface area contributed by atoms with Gasteiger partial charge in [0.2, 0.25) is 5.91 Å². The van der Waals surface area contributed by atoms with Gasteiger partial charge in [0.25, 0.3) is 0 Å². The molecule has 0 radical (unpaired) electrons. The lowest BCUT2D eigenvalue weighted by atomic mass is 10.2. The van der Waals surface area contributed by atoms with Gasteiger partial charge in [-0.3, -0.25) is 4.79 Å². The highest BCUT2D eigenvalue weighted by atomic mass is 79.9. The number of benzene rings is 1. The van der Waals surface area contributed by atoms with Gasteiger partial charge in [0.05, 0.1) is 11.3 Å². The Labute approximate surface area is 111 Å². The molecular formula is C10H6BrF6NO. The minimum Gasteiger partial charge on any atom is -0.325 e. The molecule has 0 aliphatic carbocycles. The van der Waals surface area contributed by atoms with Crippen LogP contribution in [0.5, 0.6) is 0 Å². The molecule has 9 heteroatoms. The van der Waals surface area contributed by atoms with Crippen molar-refractivity contribution in [2.45, 2.75) is 18.8 Å². The Morgan fingerprint density at radius 1 is 1.16 bits per heavy atom. The first-order valence-corrected chi connectivity index (χ1v) is 5.52. The van der Waals surface area contributed by atoms with Gasteiger partial charge in [0, 0.05) is 4.47 Å². The van der Waals surface area contributed by atoms with Crippen LogP contribution < -0.4 is 5.32 Å². The second-order valence-corrected chi connectivity index (χ2v) is 4.39. The van der Waals surface area contributed by atoms with Crippen LogP contribution in [0.4, 0.5) is 32.0 Å². The standard InChI is InChI=1S/C10H6BrF6NO/c11-6-2-1-5(10(15,16)17)3-7(6)18-8(19)4-9(12,13)14/h1-3H,4H2,(H,18,19). The summed E-state index contributed by atoms with van der Waals surface area (Å²) in [6, 6.07) is 2.29. The third kappa shape index (κ3) is 5.09. The summed E-state index contributed by atoms with van der Waals surface area (Å²) in [7, 11) is 0. The fraction of sp³-hybridized carbons (Fsp3) is 0.300. The predicted octanol–water partition coefficient (Wildman–Crippen LogP) is 4.36. The Balaban J connectivity index is 2.92. The van der Waals surface area contributed by atoms with Crippen molar-refractivity contribution >= 4 is 27.5 Å². The number of nitrogens with one attached hydrogen (secondary N) is 1. The number of carbonyl (C=O) groups excluding carboxylic acids is 1. The molecule has 1 aromatic carbocycles. The second kappa shape index (κ2) is 5.40. The van der Waals surface area contributed by atoms with Gasteiger partial charge in [0.1, 0.15) is 6.42 Å². The van der Waals surface area contributed by atoms with Crippen molar-refractivity contribution in [3.05, 3.63) is 28.2 Å². The molecule has 0 unspecified atom stereocenters. The average Bonchev–Trinajstić information content (AvgIpc) is 2.16. The maximum atomic E-state index is 12.4. The van der Waals surface area contributed by atoms with E-state index in [1.54, 1.807) is 5.32 Å². The molecule has 19 heavy (non-hydrogen) atoms. The minimum atomic E-state index is -4.72. The zero-order chi connectivity index (χ0) is 14.8. The lowest BCUT2D eigenvalue weighted by molar-refractivity contribution is -0.150. The Hall–Kier alpha value is -1.25. The molecule has 0 heterocycles. The maximum Gasteiger partial charge on any atom is 0.416 e. The first kappa shape index (κ1) is 15.8. The summed E-state index contributed by atoms with van der Waals surface area (Å²) in [6.45, 7) is 0. The molecule has 1 N–H and O–H groups in total. The highest BCUT2D eigenvalue weighted by Gasteiger charge is 2.33. The largest absolute Gasteiger partial charge is 0.416 e. The van der Waals surface area contributed by atoms with E-state index in [0.717, 1.165) is 12.1 Å². The maximum absolute atomic E-state index is 12.4. The molecule has 106 valence electrons. The van der Waals surface area contributed by atoms with Crippen LogP contribution in [0.3, 0.4) is 0 Å². The topological polar surface area (TPSA) is 29.1 Å². The summed E-state index contributed by atoms with van der Waals surface area (Å²) in [5.41, 5.74) is -1.44. The van der Waals surface area contributed by atoms with Crippen LogP contribution >= 0.6 is 15.9 Å². The zero-order valence-electron chi connectivity index (χ0n) is 8.99. The van der Waals surface area contributed by atoms with Crippen molar-refractivity contribution in [1.29, 1.82) is 0 Å². The summed E-state index contributed by atoms with van der Waals surface area (Å²) < 4.78 is 73.0. The molecule has 0 atom stereocenters. The van der Waals surface area contributed by atoms with Gasteiger partial charge in [-0.15, -0.1) is 0 Å². The van der Waals surface area contributed by atoms with E-state index in [4.69, 9.17) is 0 Å². The van der Waals surface area contributed by atoms with E-state index in [0.29, 0.717) is 6.07 Å². The third-order valence-electron chi connectivity index (χ3n) is 1.93. The molecule has 1 amide bonds. The summed E-state index contributed by atoms with van der Waals surface area (Å²) in [5, 5.41) is 1.77. The van der Waals surface area contributed by atoms with Crippen LogP contribution in [-0.2, 0) is 11.0 Å². The molecule has 1 rings (SSSR count). The van der Waals surface area contributed by atoms with E-state index in [1.807, 2.05) is 0 Å². The van der Waals surface area contributed by atoms with Crippen molar-refractivity contribution in [3.8, 4) is 0 Å². The fourth-order valence-electron chi connectivity index (χ4n) is 1.17. The first-order chi connectivity index (χ1) is 8.49. The van der Waals surface area contributed by atoms with E-state index in [9.17, 15) is 31.1 Å². The van der Waals surface area contributed by atoms with Crippen LogP contribution in [0.15, 0.2) is 22.7 Å². The molecule has 0 aliphatic rings. The van der Waals surface area contributed by atoms with Crippen molar-refractivity contribution in [2.24, 2.45) is 0 Å². The smallest absolute Gasteiger partial charge is 0.325 e. The number of halogens is 7. The third-order valence-corrected chi connectivity index (χ3v) is 2.62. The number of anilines is 1.